The highest BCUT2D eigenvalue weighted by Crippen LogP contribution is 2.47. The van der Waals surface area contributed by atoms with Gasteiger partial charge in [-0.05, 0) is 64.6 Å². The predicted octanol–water partition coefficient (Wildman–Crippen LogP) is 12.2. The number of hydrogen-bond acceptors (Lipinski definition) is 3. The molecule has 234 valence electrons. The van der Waals surface area contributed by atoms with E-state index in [2.05, 4.69) is 170 Å². The first-order chi connectivity index (χ1) is 24.1. The van der Waals surface area contributed by atoms with Crippen molar-refractivity contribution in [1.82, 2.24) is 14.5 Å². The molecular weight excluding hydrogens is 615 g/mol. The molecule has 0 fully saturated rings. The quantitative estimate of drug-likeness (QED) is 0.174. The molecule has 0 saturated heterocycles. The van der Waals surface area contributed by atoms with E-state index in [4.69, 9.17) is 9.97 Å². The van der Waals surface area contributed by atoms with Crippen molar-refractivity contribution in [3.8, 4) is 39.6 Å². The van der Waals surface area contributed by atoms with Crippen molar-refractivity contribution in [1.29, 1.82) is 0 Å². The van der Waals surface area contributed by atoms with Gasteiger partial charge in [-0.15, -0.1) is 11.8 Å². The first kappa shape index (κ1) is 29.4. The van der Waals surface area contributed by atoms with E-state index in [1.54, 1.807) is 11.8 Å². The molecule has 0 N–H and O–H groups in total. The second kappa shape index (κ2) is 11.8. The van der Waals surface area contributed by atoms with Gasteiger partial charge >= 0.3 is 0 Å². The van der Waals surface area contributed by atoms with Crippen molar-refractivity contribution < 1.29 is 0 Å². The maximum absolute atomic E-state index is 5.57. The lowest BCUT2D eigenvalue weighted by atomic mass is 9.88. The van der Waals surface area contributed by atoms with E-state index < -0.39 is 0 Å². The molecule has 0 unspecified atom stereocenters. The summed E-state index contributed by atoms with van der Waals surface area (Å²) in [6, 6.07) is 51.9. The molecule has 2 aromatic heterocycles. The monoisotopic (exact) mass is 647 g/mol. The molecule has 49 heavy (non-hydrogen) atoms. The summed E-state index contributed by atoms with van der Waals surface area (Å²) in [5, 5.41) is 7.22. The van der Waals surface area contributed by atoms with Crippen LogP contribution in [-0.2, 0) is 0 Å². The van der Waals surface area contributed by atoms with Crippen LogP contribution in [0, 0.1) is 13.8 Å². The van der Waals surface area contributed by atoms with Gasteiger partial charge in [-0.2, -0.15) is 0 Å². The molecule has 0 aliphatic carbocycles. The second-order valence-corrected chi connectivity index (χ2v) is 13.4. The van der Waals surface area contributed by atoms with Gasteiger partial charge in [0.25, 0.3) is 0 Å². The lowest BCUT2D eigenvalue weighted by Gasteiger charge is -2.19. The lowest BCUT2D eigenvalue weighted by Crippen LogP contribution is -2.06. The molecule has 0 amide bonds. The van der Waals surface area contributed by atoms with Crippen molar-refractivity contribution >= 4 is 55.1 Å². The van der Waals surface area contributed by atoms with E-state index in [-0.39, 0.29) is 0 Å². The highest BCUT2D eigenvalue weighted by atomic mass is 32.2. The van der Waals surface area contributed by atoms with Crippen molar-refractivity contribution in [3.05, 3.63) is 157 Å². The molecule has 4 heteroatoms. The summed E-state index contributed by atoms with van der Waals surface area (Å²) in [7, 11) is 0. The molecule has 7 aromatic carbocycles. The molecular formula is C45H33N3S. The Balaban J connectivity index is 1.51. The maximum Gasteiger partial charge on any atom is 0.162 e. The van der Waals surface area contributed by atoms with Crippen LogP contribution < -0.4 is 0 Å². The number of hydrogen-bond donors (Lipinski definition) is 0. The number of para-hydroxylation sites is 1. The minimum absolute atomic E-state index is 0.713. The third kappa shape index (κ3) is 4.59. The molecule has 0 aliphatic heterocycles. The van der Waals surface area contributed by atoms with Gasteiger partial charge in [0.1, 0.15) is 0 Å². The molecule has 0 saturated carbocycles. The topological polar surface area (TPSA) is 30.7 Å². The molecule has 0 aliphatic rings. The smallest absolute Gasteiger partial charge is 0.162 e. The summed E-state index contributed by atoms with van der Waals surface area (Å²) in [5.41, 5.74) is 10.4. The predicted molar refractivity (Wildman–Crippen MR) is 209 cm³/mol. The Hall–Kier alpha value is -5.71. The third-order valence-corrected chi connectivity index (χ3v) is 10.6. The average Bonchev–Trinajstić information content (AvgIpc) is 3.50. The minimum Gasteiger partial charge on any atom is -0.292 e. The third-order valence-electron chi connectivity index (χ3n) is 9.84. The largest absolute Gasteiger partial charge is 0.292 e. The molecule has 9 aromatic rings. The van der Waals surface area contributed by atoms with Gasteiger partial charge in [-0.3, -0.25) is 4.57 Å². The fraction of sp³-hybridized carbons (Fsp3) is 0.0667. The molecule has 2 heterocycles. The van der Waals surface area contributed by atoms with Crippen LogP contribution in [0.5, 0.6) is 0 Å². The van der Waals surface area contributed by atoms with Crippen LogP contribution in [0.15, 0.2) is 150 Å². The summed E-state index contributed by atoms with van der Waals surface area (Å²) >= 11 is 1.71. The van der Waals surface area contributed by atoms with Gasteiger partial charge in [0, 0.05) is 27.3 Å². The molecule has 3 nitrogen and oxygen atoms in total. The van der Waals surface area contributed by atoms with Crippen LogP contribution in [0.2, 0.25) is 0 Å². The van der Waals surface area contributed by atoms with E-state index >= 15 is 0 Å². The Morgan fingerprint density at radius 1 is 0.551 bits per heavy atom. The number of aryl methyl sites for hydroxylation is 2. The number of thioether (sulfide) groups is 1. The number of nitrogens with zero attached hydrogens (tertiary/aromatic N) is 3. The zero-order valence-corrected chi connectivity index (χ0v) is 28.4. The van der Waals surface area contributed by atoms with E-state index in [0.29, 0.717) is 5.82 Å². The molecule has 0 atom stereocenters. The maximum atomic E-state index is 5.57. The standard InChI is InChI=1S/C45H33N3S/c1-28-16-7-9-21-32(28)39-29(2)33-22-11-12-24-35(33)42-40(39)37-25-13-14-27-38(37)48(42)45-43(49-3)41(31-18-5-4-6-19-31)46-44(47-45)36-26-15-20-30-17-8-10-23-34(30)36/h4-27H,1-3H3. The molecule has 0 radical (unpaired) electrons. The van der Waals surface area contributed by atoms with Crippen LogP contribution >= 0.6 is 11.8 Å². The first-order valence-electron chi connectivity index (χ1n) is 16.6. The Bertz CT molecular complexity index is 2720. The Morgan fingerprint density at radius 2 is 1.18 bits per heavy atom. The first-order valence-corrected chi connectivity index (χ1v) is 17.9. The molecule has 9 rings (SSSR count). The summed E-state index contributed by atoms with van der Waals surface area (Å²) in [5.74, 6) is 1.60. The van der Waals surface area contributed by atoms with Crippen LogP contribution in [0.1, 0.15) is 11.1 Å². The van der Waals surface area contributed by atoms with Gasteiger partial charge in [0.05, 0.1) is 21.6 Å². The summed E-state index contributed by atoms with van der Waals surface area (Å²) in [6.07, 6.45) is 2.14. The van der Waals surface area contributed by atoms with Crippen LogP contribution in [0.4, 0.5) is 0 Å². The Labute approximate surface area is 289 Å². The van der Waals surface area contributed by atoms with Crippen LogP contribution in [0.25, 0.3) is 82.9 Å². The van der Waals surface area contributed by atoms with Gasteiger partial charge in [0.15, 0.2) is 11.6 Å². The van der Waals surface area contributed by atoms with Crippen LogP contribution in [0.3, 0.4) is 0 Å². The summed E-state index contributed by atoms with van der Waals surface area (Å²) in [6.45, 7) is 4.49. The normalized spacial score (nSPS) is 11.7. The highest BCUT2D eigenvalue weighted by Gasteiger charge is 2.26. The van der Waals surface area contributed by atoms with Crippen molar-refractivity contribution in [3.63, 3.8) is 0 Å². The number of fused-ring (bicyclic) bond motifs is 6. The highest BCUT2D eigenvalue weighted by molar-refractivity contribution is 7.98. The number of benzene rings is 7. The van der Waals surface area contributed by atoms with Gasteiger partial charge in [-0.25, -0.2) is 9.97 Å². The van der Waals surface area contributed by atoms with Gasteiger partial charge in [-0.1, -0.05) is 140 Å². The summed E-state index contributed by atoms with van der Waals surface area (Å²) in [4.78, 5) is 12.0. The average molecular weight is 648 g/mol. The second-order valence-electron chi connectivity index (χ2n) is 12.6. The lowest BCUT2D eigenvalue weighted by molar-refractivity contribution is 0.996. The van der Waals surface area contributed by atoms with E-state index in [1.807, 2.05) is 0 Å². The van der Waals surface area contributed by atoms with Crippen molar-refractivity contribution in [2.75, 3.05) is 6.26 Å². The molecule has 0 bridgehead atoms. The fourth-order valence-electron chi connectivity index (χ4n) is 7.61. The van der Waals surface area contributed by atoms with E-state index in [9.17, 15) is 0 Å². The van der Waals surface area contributed by atoms with Crippen molar-refractivity contribution in [2.45, 2.75) is 18.7 Å². The number of aromatic nitrogens is 3. The fourth-order valence-corrected chi connectivity index (χ4v) is 8.28. The summed E-state index contributed by atoms with van der Waals surface area (Å²) < 4.78 is 2.42. The van der Waals surface area contributed by atoms with Gasteiger partial charge < -0.3 is 0 Å². The van der Waals surface area contributed by atoms with Crippen LogP contribution in [-0.4, -0.2) is 20.8 Å². The Morgan fingerprint density at radius 3 is 1.98 bits per heavy atom. The Kier molecular flexibility index (Phi) is 7.07. The zero-order chi connectivity index (χ0) is 33.1. The van der Waals surface area contributed by atoms with E-state index in [1.165, 1.54) is 49.2 Å². The van der Waals surface area contributed by atoms with E-state index in [0.717, 1.165) is 44.0 Å². The van der Waals surface area contributed by atoms with Crippen molar-refractivity contribution in [2.24, 2.45) is 0 Å². The number of rotatable bonds is 5. The zero-order valence-electron chi connectivity index (χ0n) is 27.6. The van der Waals surface area contributed by atoms with Gasteiger partial charge in [0.2, 0.25) is 0 Å². The molecule has 0 spiro atoms. The SMILES string of the molecule is CSc1c(-c2ccccc2)nc(-c2cccc3ccccc23)nc1-n1c2ccccc2c2c(-c3ccccc3C)c(C)c3ccccc3c21. The minimum atomic E-state index is 0.713.